The van der Waals surface area contributed by atoms with Gasteiger partial charge in [-0.05, 0) is 50.1 Å². The van der Waals surface area contributed by atoms with Crippen LogP contribution in [0.5, 0.6) is 5.75 Å². The number of benzene rings is 2. The molecule has 2 N–H and O–H groups in total. The zero-order valence-corrected chi connectivity index (χ0v) is 16.1. The molecule has 0 spiro atoms. The van der Waals surface area contributed by atoms with Crippen molar-refractivity contribution in [2.24, 2.45) is 5.10 Å². The molecule has 0 unspecified atom stereocenters. The Morgan fingerprint density at radius 1 is 1.08 bits per heavy atom. The van der Waals surface area contributed by atoms with Gasteiger partial charge in [0.1, 0.15) is 5.75 Å². The van der Waals surface area contributed by atoms with E-state index in [0.29, 0.717) is 5.56 Å². The first-order valence-electron chi connectivity index (χ1n) is 8.63. The molecule has 7 heteroatoms. The Kier molecular flexibility index (Phi) is 6.63. The van der Waals surface area contributed by atoms with Crippen molar-refractivity contribution in [3.05, 3.63) is 53.6 Å². The van der Waals surface area contributed by atoms with Gasteiger partial charge in [0.25, 0.3) is 10.0 Å². The van der Waals surface area contributed by atoms with Gasteiger partial charge in [0.05, 0.1) is 11.1 Å². The average Bonchev–Trinajstić information content (AvgIpc) is 2.64. The van der Waals surface area contributed by atoms with Gasteiger partial charge in [0.2, 0.25) is 0 Å². The molecule has 0 saturated heterocycles. The van der Waals surface area contributed by atoms with E-state index in [2.05, 4.69) is 14.8 Å². The Morgan fingerprint density at radius 3 is 2.27 bits per heavy atom. The molecule has 0 bridgehead atoms. The molecule has 0 amide bonds. The molecule has 0 aliphatic rings. The molecule has 0 atom stereocenters. The summed E-state index contributed by atoms with van der Waals surface area (Å²) < 4.78 is 24.5. The molecule has 0 aliphatic heterocycles. The number of phenols is 1. The zero-order chi connectivity index (χ0) is 19.2. The van der Waals surface area contributed by atoms with Gasteiger partial charge < -0.3 is 10.0 Å². The molecule has 0 radical (unpaired) electrons. The number of phenolic OH excluding ortho intramolecular Hbond substituents is 1. The molecule has 0 saturated carbocycles. The van der Waals surface area contributed by atoms with Crippen molar-refractivity contribution in [1.82, 2.24) is 4.83 Å². The summed E-state index contributed by atoms with van der Waals surface area (Å²) in [5.74, 6) is 0.0460. The highest BCUT2D eigenvalue weighted by molar-refractivity contribution is 7.89. The molecular weight excluding hydrogens is 350 g/mol. The number of hydrogen-bond acceptors (Lipinski definition) is 5. The first kappa shape index (κ1) is 19.8. The summed E-state index contributed by atoms with van der Waals surface area (Å²) in [6, 6.07) is 11.9. The predicted molar refractivity (Wildman–Crippen MR) is 105 cm³/mol. The number of anilines is 1. The van der Waals surface area contributed by atoms with E-state index in [9.17, 15) is 13.5 Å². The monoisotopic (exact) mass is 375 g/mol. The van der Waals surface area contributed by atoms with E-state index in [1.165, 1.54) is 6.21 Å². The van der Waals surface area contributed by atoms with Crippen molar-refractivity contribution in [3.63, 3.8) is 0 Å². The highest BCUT2D eigenvalue weighted by Gasteiger charge is 2.12. The van der Waals surface area contributed by atoms with E-state index >= 15 is 0 Å². The first-order valence-corrected chi connectivity index (χ1v) is 10.1. The fourth-order valence-corrected chi connectivity index (χ4v) is 3.34. The fourth-order valence-electron chi connectivity index (χ4n) is 2.55. The normalized spacial score (nSPS) is 11.7. The van der Waals surface area contributed by atoms with Crippen molar-refractivity contribution in [2.45, 2.75) is 32.1 Å². The van der Waals surface area contributed by atoms with E-state index in [1.54, 1.807) is 36.4 Å². The van der Waals surface area contributed by atoms with Gasteiger partial charge in [-0.2, -0.15) is 13.5 Å². The van der Waals surface area contributed by atoms with Gasteiger partial charge in [-0.3, -0.25) is 0 Å². The number of rotatable bonds is 8. The van der Waals surface area contributed by atoms with Crippen LogP contribution in [0.4, 0.5) is 5.69 Å². The van der Waals surface area contributed by atoms with Crippen LogP contribution in [0.3, 0.4) is 0 Å². The summed E-state index contributed by atoms with van der Waals surface area (Å²) in [4.78, 5) is 4.42. The molecule has 0 aromatic heterocycles. The van der Waals surface area contributed by atoms with Gasteiger partial charge in [-0.1, -0.05) is 19.1 Å². The lowest BCUT2D eigenvalue weighted by atomic mass is 10.2. The molecule has 2 aromatic carbocycles. The van der Waals surface area contributed by atoms with Crippen LogP contribution in [0.25, 0.3) is 0 Å². The topological polar surface area (TPSA) is 82.0 Å². The van der Waals surface area contributed by atoms with E-state index in [4.69, 9.17) is 0 Å². The number of nitrogens with one attached hydrogen (secondary N) is 1. The summed E-state index contributed by atoms with van der Waals surface area (Å²) in [6.07, 6.45) is 2.13. The Balaban J connectivity index is 2.11. The van der Waals surface area contributed by atoms with E-state index < -0.39 is 10.0 Å². The van der Waals surface area contributed by atoms with Crippen LogP contribution in [0, 0.1) is 0 Å². The second kappa shape index (κ2) is 8.71. The third kappa shape index (κ3) is 4.76. The van der Waals surface area contributed by atoms with Crippen LogP contribution in [0.2, 0.25) is 0 Å². The van der Waals surface area contributed by atoms with Gasteiger partial charge in [-0.25, -0.2) is 4.83 Å². The molecular formula is C19H25N3O3S. The number of aromatic hydroxyl groups is 1. The first-order chi connectivity index (χ1) is 12.4. The molecule has 2 aromatic rings. The molecule has 6 nitrogen and oxygen atoms in total. The lowest BCUT2D eigenvalue weighted by molar-refractivity contribution is 0.474. The maximum absolute atomic E-state index is 12.2. The van der Waals surface area contributed by atoms with Gasteiger partial charge in [-0.15, -0.1) is 0 Å². The fraction of sp³-hybridized carbons (Fsp3) is 0.316. The van der Waals surface area contributed by atoms with E-state index in [1.807, 2.05) is 26.8 Å². The van der Waals surface area contributed by atoms with Gasteiger partial charge >= 0.3 is 0 Å². The lowest BCUT2D eigenvalue weighted by Gasteiger charge is -2.21. The van der Waals surface area contributed by atoms with Crippen LogP contribution in [0.1, 0.15) is 31.9 Å². The molecule has 140 valence electrons. The van der Waals surface area contributed by atoms with Crippen molar-refractivity contribution in [1.29, 1.82) is 0 Å². The highest BCUT2D eigenvalue weighted by Crippen LogP contribution is 2.23. The Labute approximate surface area is 155 Å². The minimum Gasteiger partial charge on any atom is -0.507 e. The second-order valence-electron chi connectivity index (χ2n) is 5.77. The molecule has 0 heterocycles. The summed E-state index contributed by atoms with van der Waals surface area (Å²) in [6.45, 7) is 7.75. The molecule has 26 heavy (non-hydrogen) atoms. The van der Waals surface area contributed by atoms with E-state index in [-0.39, 0.29) is 10.6 Å². The van der Waals surface area contributed by atoms with Crippen molar-refractivity contribution in [2.75, 3.05) is 18.0 Å². The molecule has 0 fully saturated rings. The minimum atomic E-state index is -3.74. The Morgan fingerprint density at radius 2 is 1.73 bits per heavy atom. The molecule has 0 aliphatic carbocycles. The standard InChI is InChI=1S/C19H25N3O3S/c1-4-15-7-11-18(12-8-15)26(24,25)21-20-14-16-9-10-17(13-19(16)23)22(5-2)6-3/h7-14,21,23H,4-6H2,1-3H3. The Hall–Kier alpha value is -2.54. The van der Waals surface area contributed by atoms with Gasteiger partial charge in [0.15, 0.2) is 0 Å². The third-order valence-electron chi connectivity index (χ3n) is 4.16. The smallest absolute Gasteiger partial charge is 0.276 e. The van der Waals surface area contributed by atoms with Crippen molar-refractivity contribution in [3.8, 4) is 5.75 Å². The quantitative estimate of drug-likeness (QED) is 0.549. The summed E-state index contributed by atoms with van der Waals surface area (Å²) in [5.41, 5.74) is 2.40. The number of hydrogen-bond donors (Lipinski definition) is 2. The van der Waals surface area contributed by atoms with Crippen LogP contribution >= 0.6 is 0 Å². The SMILES string of the molecule is CCc1ccc(S(=O)(=O)NN=Cc2ccc(N(CC)CC)cc2O)cc1. The number of sulfonamides is 1. The maximum atomic E-state index is 12.2. The zero-order valence-electron chi connectivity index (χ0n) is 15.3. The Bertz CT molecular complexity index is 858. The van der Waals surface area contributed by atoms with Crippen LogP contribution < -0.4 is 9.73 Å². The summed E-state index contributed by atoms with van der Waals surface area (Å²) >= 11 is 0. The number of hydrazone groups is 1. The molecule has 2 rings (SSSR count). The maximum Gasteiger partial charge on any atom is 0.276 e. The van der Waals surface area contributed by atoms with Crippen molar-refractivity contribution >= 4 is 21.9 Å². The third-order valence-corrected chi connectivity index (χ3v) is 5.40. The minimum absolute atomic E-state index is 0.0460. The highest BCUT2D eigenvalue weighted by atomic mass is 32.2. The van der Waals surface area contributed by atoms with Crippen molar-refractivity contribution < 1.29 is 13.5 Å². The van der Waals surface area contributed by atoms with Gasteiger partial charge in [0, 0.05) is 30.4 Å². The van der Waals surface area contributed by atoms with Crippen LogP contribution in [-0.2, 0) is 16.4 Å². The number of nitrogens with zero attached hydrogens (tertiary/aromatic N) is 2. The summed E-state index contributed by atoms with van der Waals surface area (Å²) in [7, 11) is -3.74. The largest absolute Gasteiger partial charge is 0.507 e. The summed E-state index contributed by atoms with van der Waals surface area (Å²) in [5, 5.41) is 13.9. The van der Waals surface area contributed by atoms with Crippen LogP contribution in [0.15, 0.2) is 52.5 Å². The number of aryl methyl sites for hydroxylation is 1. The lowest BCUT2D eigenvalue weighted by Crippen LogP contribution is -2.21. The average molecular weight is 375 g/mol. The second-order valence-corrected chi connectivity index (χ2v) is 7.43. The van der Waals surface area contributed by atoms with Crippen LogP contribution in [-0.4, -0.2) is 32.8 Å². The van der Waals surface area contributed by atoms with E-state index in [0.717, 1.165) is 30.8 Å². The predicted octanol–water partition coefficient (Wildman–Crippen LogP) is 3.11.